The molecule has 1 aromatic heterocycles. The zero-order valence-corrected chi connectivity index (χ0v) is 9.50. The van der Waals surface area contributed by atoms with E-state index in [2.05, 4.69) is 27.7 Å². The molecule has 0 saturated heterocycles. The van der Waals surface area contributed by atoms with Gasteiger partial charge >= 0.3 is 0 Å². The van der Waals surface area contributed by atoms with Gasteiger partial charge in [0.05, 0.1) is 0 Å². The monoisotopic (exact) mass is 196 g/mol. The van der Waals surface area contributed by atoms with E-state index in [9.17, 15) is 5.11 Å². The van der Waals surface area contributed by atoms with E-state index in [0.717, 1.165) is 18.6 Å². The molecule has 1 N–H and O–H groups in total. The highest BCUT2D eigenvalue weighted by molar-refractivity contribution is 5.15. The summed E-state index contributed by atoms with van der Waals surface area (Å²) < 4.78 is 5.61. The predicted molar refractivity (Wildman–Crippen MR) is 57.3 cm³/mol. The minimum Gasteiger partial charge on any atom is -0.463 e. The second-order valence-electron chi connectivity index (χ2n) is 4.76. The molecule has 0 aliphatic heterocycles. The second-order valence-corrected chi connectivity index (χ2v) is 4.76. The summed E-state index contributed by atoms with van der Waals surface area (Å²) in [6.07, 6.45) is 1.28. The Morgan fingerprint density at radius 2 is 2.00 bits per heavy atom. The highest BCUT2D eigenvalue weighted by Gasteiger charge is 2.20. The molecule has 0 amide bonds. The average molecular weight is 196 g/mol. The first kappa shape index (κ1) is 11.3. The Morgan fingerprint density at radius 1 is 1.36 bits per heavy atom. The number of hydrogen-bond acceptors (Lipinski definition) is 2. The van der Waals surface area contributed by atoms with Gasteiger partial charge in [-0.1, -0.05) is 34.1 Å². The Hall–Kier alpha value is -0.760. The highest BCUT2D eigenvalue weighted by atomic mass is 16.4. The van der Waals surface area contributed by atoms with Gasteiger partial charge in [0.1, 0.15) is 17.6 Å². The molecular formula is C12H20O2. The summed E-state index contributed by atoms with van der Waals surface area (Å²) in [7, 11) is 0. The summed E-state index contributed by atoms with van der Waals surface area (Å²) >= 11 is 0. The Kier molecular flexibility index (Phi) is 3.38. The van der Waals surface area contributed by atoms with Crippen LogP contribution in [0.5, 0.6) is 0 Å². The quantitative estimate of drug-likeness (QED) is 0.803. The van der Waals surface area contributed by atoms with Crippen molar-refractivity contribution in [3.8, 4) is 0 Å². The lowest BCUT2D eigenvalue weighted by molar-refractivity contribution is 0.135. The zero-order chi connectivity index (χ0) is 10.8. The van der Waals surface area contributed by atoms with Crippen LogP contribution < -0.4 is 0 Å². The van der Waals surface area contributed by atoms with Crippen molar-refractivity contribution >= 4 is 0 Å². The van der Waals surface area contributed by atoms with Crippen LogP contribution in [-0.2, 0) is 5.41 Å². The van der Waals surface area contributed by atoms with Crippen molar-refractivity contribution in [2.75, 3.05) is 0 Å². The maximum absolute atomic E-state index is 9.71. The Morgan fingerprint density at radius 3 is 2.43 bits per heavy atom. The minimum absolute atomic E-state index is 0.0180. The van der Waals surface area contributed by atoms with E-state index in [1.54, 1.807) is 0 Å². The second kappa shape index (κ2) is 4.18. The summed E-state index contributed by atoms with van der Waals surface area (Å²) in [5, 5.41) is 9.71. The van der Waals surface area contributed by atoms with Crippen LogP contribution in [0.2, 0.25) is 0 Å². The third-order valence-corrected chi connectivity index (χ3v) is 2.26. The van der Waals surface area contributed by atoms with Crippen LogP contribution in [0.4, 0.5) is 0 Å². The van der Waals surface area contributed by atoms with Gasteiger partial charge in [0, 0.05) is 5.41 Å². The molecule has 0 fully saturated rings. The van der Waals surface area contributed by atoms with Gasteiger partial charge in [-0.05, 0) is 18.6 Å². The fourth-order valence-corrected chi connectivity index (χ4v) is 1.35. The van der Waals surface area contributed by atoms with Crippen LogP contribution >= 0.6 is 0 Å². The zero-order valence-electron chi connectivity index (χ0n) is 9.50. The third kappa shape index (κ3) is 2.61. The van der Waals surface area contributed by atoms with Crippen molar-refractivity contribution in [3.63, 3.8) is 0 Å². The molecular weight excluding hydrogens is 176 g/mol. The van der Waals surface area contributed by atoms with Crippen molar-refractivity contribution in [2.24, 2.45) is 0 Å². The van der Waals surface area contributed by atoms with E-state index >= 15 is 0 Å². The maximum atomic E-state index is 9.71. The topological polar surface area (TPSA) is 33.4 Å². The number of furan rings is 1. The first-order valence-corrected chi connectivity index (χ1v) is 5.23. The van der Waals surface area contributed by atoms with Crippen LogP contribution in [0.3, 0.4) is 0 Å². The van der Waals surface area contributed by atoms with Gasteiger partial charge in [-0.2, -0.15) is 0 Å². The molecule has 2 heteroatoms. The molecule has 80 valence electrons. The van der Waals surface area contributed by atoms with Crippen molar-refractivity contribution in [1.82, 2.24) is 0 Å². The summed E-state index contributed by atoms with van der Waals surface area (Å²) in [4.78, 5) is 0. The van der Waals surface area contributed by atoms with Gasteiger partial charge in [-0.3, -0.25) is 0 Å². The highest BCUT2D eigenvalue weighted by Crippen LogP contribution is 2.28. The molecule has 0 radical (unpaired) electrons. The molecule has 0 aliphatic carbocycles. The number of aliphatic hydroxyl groups is 1. The maximum Gasteiger partial charge on any atom is 0.132 e. The van der Waals surface area contributed by atoms with E-state index < -0.39 is 6.10 Å². The Labute approximate surface area is 85.9 Å². The Balaban J connectivity index is 2.78. The van der Waals surface area contributed by atoms with Gasteiger partial charge in [0.25, 0.3) is 0 Å². The SMILES string of the molecule is CCC[C@@H](O)c1ccc(C(C)(C)C)o1. The van der Waals surface area contributed by atoms with Gasteiger partial charge in [-0.15, -0.1) is 0 Å². The normalized spacial score (nSPS) is 14.4. The van der Waals surface area contributed by atoms with Gasteiger partial charge in [0.2, 0.25) is 0 Å². The van der Waals surface area contributed by atoms with E-state index in [4.69, 9.17) is 4.42 Å². The molecule has 0 bridgehead atoms. The molecule has 0 aliphatic rings. The van der Waals surface area contributed by atoms with E-state index in [1.165, 1.54) is 0 Å². The third-order valence-electron chi connectivity index (χ3n) is 2.26. The molecule has 1 rings (SSSR count). The molecule has 0 aromatic carbocycles. The fraction of sp³-hybridized carbons (Fsp3) is 0.667. The van der Waals surface area contributed by atoms with Gasteiger partial charge in [0.15, 0.2) is 0 Å². The fourth-order valence-electron chi connectivity index (χ4n) is 1.35. The van der Waals surface area contributed by atoms with Crippen molar-refractivity contribution < 1.29 is 9.52 Å². The molecule has 14 heavy (non-hydrogen) atoms. The average Bonchev–Trinajstić information content (AvgIpc) is 2.51. The first-order valence-electron chi connectivity index (χ1n) is 5.23. The molecule has 0 unspecified atom stereocenters. The minimum atomic E-state index is -0.448. The largest absolute Gasteiger partial charge is 0.463 e. The van der Waals surface area contributed by atoms with Crippen molar-refractivity contribution in [1.29, 1.82) is 0 Å². The van der Waals surface area contributed by atoms with Gasteiger partial charge < -0.3 is 9.52 Å². The lowest BCUT2D eigenvalue weighted by Crippen LogP contribution is -2.09. The van der Waals surface area contributed by atoms with E-state index in [1.807, 2.05) is 12.1 Å². The predicted octanol–water partition coefficient (Wildman–Crippen LogP) is 3.41. The van der Waals surface area contributed by atoms with E-state index in [-0.39, 0.29) is 5.41 Å². The van der Waals surface area contributed by atoms with Crippen molar-refractivity contribution in [3.05, 3.63) is 23.7 Å². The molecule has 1 heterocycles. The lowest BCUT2D eigenvalue weighted by atomic mass is 9.94. The molecule has 2 nitrogen and oxygen atoms in total. The number of aliphatic hydroxyl groups excluding tert-OH is 1. The van der Waals surface area contributed by atoms with Crippen LogP contribution in [0, 0.1) is 0 Å². The first-order chi connectivity index (χ1) is 6.45. The Bertz CT molecular complexity index is 281. The van der Waals surface area contributed by atoms with Crippen LogP contribution in [0.1, 0.15) is 58.2 Å². The standard InChI is InChI=1S/C12H20O2/c1-5-6-9(13)10-7-8-11(14-10)12(2,3)4/h7-9,13H,5-6H2,1-4H3/t9-/m1/s1. The lowest BCUT2D eigenvalue weighted by Gasteiger charge is -2.14. The van der Waals surface area contributed by atoms with Crippen molar-refractivity contribution in [2.45, 2.75) is 52.1 Å². The smallest absolute Gasteiger partial charge is 0.132 e. The number of rotatable bonds is 3. The van der Waals surface area contributed by atoms with Crippen LogP contribution in [-0.4, -0.2) is 5.11 Å². The van der Waals surface area contributed by atoms with E-state index in [0.29, 0.717) is 5.76 Å². The molecule has 0 spiro atoms. The van der Waals surface area contributed by atoms with Gasteiger partial charge in [-0.25, -0.2) is 0 Å². The molecule has 0 saturated carbocycles. The molecule has 1 atom stereocenters. The summed E-state index contributed by atoms with van der Waals surface area (Å²) in [5.74, 6) is 1.62. The number of hydrogen-bond donors (Lipinski definition) is 1. The van der Waals surface area contributed by atoms with Crippen LogP contribution in [0.15, 0.2) is 16.5 Å². The summed E-state index contributed by atoms with van der Waals surface area (Å²) in [6, 6.07) is 3.83. The molecule has 1 aromatic rings. The summed E-state index contributed by atoms with van der Waals surface area (Å²) in [6.45, 7) is 8.35. The summed E-state index contributed by atoms with van der Waals surface area (Å²) in [5.41, 5.74) is 0.0180. The van der Waals surface area contributed by atoms with Crippen LogP contribution in [0.25, 0.3) is 0 Å².